The lowest BCUT2D eigenvalue weighted by Gasteiger charge is -2.32. The third-order valence-electron chi connectivity index (χ3n) is 5.96. The van der Waals surface area contributed by atoms with Crippen molar-refractivity contribution in [2.75, 3.05) is 0 Å². The van der Waals surface area contributed by atoms with Crippen LogP contribution in [0.15, 0.2) is 18.2 Å². The number of alkyl halides is 1. The number of hydrazine groups is 1. The highest BCUT2D eigenvalue weighted by atomic mass is 19.1. The summed E-state index contributed by atoms with van der Waals surface area (Å²) in [5.41, 5.74) is 8.36. The summed E-state index contributed by atoms with van der Waals surface area (Å²) in [6, 6.07) is 5.09. The molecular formula is C20H24FN3O3. The van der Waals surface area contributed by atoms with Crippen molar-refractivity contribution in [2.24, 2.45) is 11.7 Å². The van der Waals surface area contributed by atoms with Gasteiger partial charge in [0.05, 0.1) is 6.54 Å². The Morgan fingerprint density at radius 1 is 1.07 bits per heavy atom. The first-order valence-electron chi connectivity index (χ1n) is 9.64. The third-order valence-corrected chi connectivity index (χ3v) is 5.96. The van der Waals surface area contributed by atoms with Gasteiger partial charge < -0.3 is 5.73 Å². The van der Waals surface area contributed by atoms with E-state index in [4.69, 9.17) is 5.73 Å². The molecule has 6 nitrogen and oxygen atoms in total. The van der Waals surface area contributed by atoms with Crippen LogP contribution in [0.4, 0.5) is 4.39 Å². The second kappa shape index (κ2) is 7.03. The van der Waals surface area contributed by atoms with E-state index in [9.17, 15) is 18.8 Å². The lowest BCUT2D eigenvalue weighted by molar-refractivity contribution is -0.163. The average molecular weight is 373 g/mol. The van der Waals surface area contributed by atoms with Gasteiger partial charge in [0.2, 0.25) is 11.8 Å². The Kier molecular flexibility index (Phi) is 4.72. The zero-order valence-electron chi connectivity index (χ0n) is 15.2. The molecule has 0 spiro atoms. The first kappa shape index (κ1) is 18.1. The first-order chi connectivity index (χ1) is 13.0. The van der Waals surface area contributed by atoms with E-state index in [0.717, 1.165) is 29.0 Å². The fraction of sp³-hybridized carbons (Fsp3) is 0.550. The Hall–Kier alpha value is -2.28. The average Bonchev–Trinajstić information content (AvgIpc) is 2.95. The van der Waals surface area contributed by atoms with Crippen molar-refractivity contribution in [3.63, 3.8) is 0 Å². The van der Waals surface area contributed by atoms with Gasteiger partial charge in [0.15, 0.2) is 0 Å². The number of hydrogen-bond donors (Lipinski definition) is 1. The van der Waals surface area contributed by atoms with E-state index in [1.165, 1.54) is 5.01 Å². The molecular weight excluding hydrogens is 349 g/mol. The molecule has 1 saturated heterocycles. The van der Waals surface area contributed by atoms with Gasteiger partial charge in [-0.25, -0.2) is 9.40 Å². The summed E-state index contributed by atoms with van der Waals surface area (Å²) in [6.45, 7) is 0.210. The van der Waals surface area contributed by atoms with E-state index >= 15 is 0 Å². The highest BCUT2D eigenvalue weighted by molar-refractivity contribution is 6.04. The summed E-state index contributed by atoms with van der Waals surface area (Å²) in [5.74, 6) is -0.881. The van der Waals surface area contributed by atoms with Gasteiger partial charge in [-0.1, -0.05) is 18.6 Å². The van der Waals surface area contributed by atoms with Gasteiger partial charge in [-0.2, -0.15) is 5.01 Å². The maximum Gasteiger partial charge on any atom is 0.273 e. The standard InChI is InChI=1S/C20H24FN3O3/c21-16-4-1-3-13(19(16)22)9-12-7-8-15-14(10-12)11-23(20(15)27)24-17(25)5-2-6-18(24)26/h7-8,10,13,16,19H,1-6,9,11,22H2/t13-,16-,19-/m1/s1. The number of nitrogens with two attached hydrogens (primary N) is 1. The van der Waals surface area contributed by atoms with Crippen LogP contribution in [0.2, 0.25) is 0 Å². The number of halogens is 1. The number of nitrogens with zero attached hydrogens (tertiary/aromatic N) is 2. The Morgan fingerprint density at radius 2 is 1.81 bits per heavy atom. The van der Waals surface area contributed by atoms with Gasteiger partial charge in [-0.15, -0.1) is 0 Å². The number of rotatable bonds is 3. The van der Waals surface area contributed by atoms with Crippen molar-refractivity contribution in [1.82, 2.24) is 10.0 Å². The van der Waals surface area contributed by atoms with Crippen LogP contribution in [-0.4, -0.2) is 40.0 Å². The third kappa shape index (κ3) is 3.25. The van der Waals surface area contributed by atoms with Crippen molar-refractivity contribution >= 4 is 17.7 Å². The van der Waals surface area contributed by atoms with Crippen LogP contribution in [-0.2, 0) is 22.6 Å². The fourth-order valence-corrected chi connectivity index (χ4v) is 4.45. The van der Waals surface area contributed by atoms with Crippen molar-refractivity contribution < 1.29 is 18.8 Å². The lowest BCUT2D eigenvalue weighted by atomic mass is 9.80. The fourth-order valence-electron chi connectivity index (χ4n) is 4.45. The van der Waals surface area contributed by atoms with Gasteiger partial charge in [0.1, 0.15) is 6.17 Å². The summed E-state index contributed by atoms with van der Waals surface area (Å²) in [5, 5.41) is 2.26. The first-order valence-corrected chi connectivity index (χ1v) is 9.64. The molecule has 3 amide bonds. The predicted molar refractivity (Wildman–Crippen MR) is 95.9 cm³/mol. The van der Waals surface area contributed by atoms with Gasteiger partial charge in [0, 0.05) is 24.4 Å². The molecule has 1 aliphatic carbocycles. The molecule has 144 valence electrons. The lowest BCUT2D eigenvalue weighted by Crippen LogP contribution is -2.51. The molecule has 1 saturated carbocycles. The summed E-state index contributed by atoms with van der Waals surface area (Å²) in [7, 11) is 0. The molecule has 2 aliphatic heterocycles. The van der Waals surface area contributed by atoms with Crippen LogP contribution in [0.3, 0.4) is 0 Å². The van der Waals surface area contributed by atoms with E-state index in [-0.39, 0.29) is 43.0 Å². The van der Waals surface area contributed by atoms with E-state index < -0.39 is 12.2 Å². The number of carbonyl (C=O) groups excluding carboxylic acids is 3. The van der Waals surface area contributed by atoms with Gasteiger partial charge in [-0.3, -0.25) is 14.4 Å². The summed E-state index contributed by atoms with van der Waals surface area (Å²) >= 11 is 0. The summed E-state index contributed by atoms with van der Waals surface area (Å²) in [4.78, 5) is 37.0. The van der Waals surface area contributed by atoms with Crippen molar-refractivity contribution in [3.8, 4) is 0 Å². The molecule has 0 unspecified atom stereocenters. The van der Waals surface area contributed by atoms with E-state index in [1.54, 1.807) is 6.07 Å². The number of amides is 3. The molecule has 0 bridgehead atoms. The molecule has 2 heterocycles. The number of imide groups is 1. The predicted octanol–water partition coefficient (Wildman–Crippen LogP) is 2.10. The molecule has 27 heavy (non-hydrogen) atoms. The molecule has 1 aromatic carbocycles. The highest BCUT2D eigenvalue weighted by Crippen LogP contribution is 2.31. The van der Waals surface area contributed by atoms with E-state index in [0.29, 0.717) is 24.8 Å². The monoisotopic (exact) mass is 373 g/mol. The van der Waals surface area contributed by atoms with Crippen LogP contribution in [0.25, 0.3) is 0 Å². The SMILES string of the molecule is N[C@@H]1[C@@H](Cc2ccc3c(c2)CN(N2C(=O)CCCC2=O)C3=O)CCC[C@H]1F. The number of piperidine rings is 1. The minimum Gasteiger partial charge on any atom is -0.325 e. The van der Waals surface area contributed by atoms with Crippen LogP contribution in [0, 0.1) is 5.92 Å². The quantitative estimate of drug-likeness (QED) is 0.823. The second-order valence-corrected chi connectivity index (χ2v) is 7.80. The molecule has 0 radical (unpaired) electrons. The maximum atomic E-state index is 13.9. The zero-order valence-corrected chi connectivity index (χ0v) is 15.2. The van der Waals surface area contributed by atoms with Gasteiger partial charge in [0.25, 0.3) is 5.91 Å². The van der Waals surface area contributed by atoms with Crippen molar-refractivity contribution in [3.05, 3.63) is 34.9 Å². The Balaban J connectivity index is 1.52. The highest BCUT2D eigenvalue weighted by Gasteiger charge is 2.39. The Labute approximate surface area is 157 Å². The molecule has 7 heteroatoms. The van der Waals surface area contributed by atoms with E-state index in [1.807, 2.05) is 12.1 Å². The zero-order chi connectivity index (χ0) is 19.1. The maximum absolute atomic E-state index is 13.9. The molecule has 3 aliphatic rings. The minimum atomic E-state index is -0.952. The Morgan fingerprint density at radius 3 is 2.56 bits per heavy atom. The van der Waals surface area contributed by atoms with Crippen LogP contribution >= 0.6 is 0 Å². The molecule has 2 N–H and O–H groups in total. The van der Waals surface area contributed by atoms with Crippen LogP contribution in [0.1, 0.15) is 60.0 Å². The van der Waals surface area contributed by atoms with Crippen molar-refractivity contribution in [2.45, 2.75) is 63.7 Å². The molecule has 3 atom stereocenters. The second-order valence-electron chi connectivity index (χ2n) is 7.80. The number of carbonyl (C=O) groups is 3. The molecule has 0 aromatic heterocycles. The van der Waals surface area contributed by atoms with Gasteiger partial charge >= 0.3 is 0 Å². The largest absolute Gasteiger partial charge is 0.325 e. The van der Waals surface area contributed by atoms with E-state index in [2.05, 4.69) is 0 Å². The number of fused-ring (bicyclic) bond motifs is 1. The topological polar surface area (TPSA) is 83.7 Å². The number of hydrogen-bond acceptors (Lipinski definition) is 4. The molecule has 1 aromatic rings. The Bertz CT molecular complexity index is 781. The smallest absolute Gasteiger partial charge is 0.273 e. The minimum absolute atomic E-state index is 0.0882. The summed E-state index contributed by atoms with van der Waals surface area (Å²) in [6.07, 6.45) is 3.09. The number of benzene rings is 1. The van der Waals surface area contributed by atoms with Crippen LogP contribution in [0.5, 0.6) is 0 Å². The molecule has 2 fully saturated rings. The van der Waals surface area contributed by atoms with Crippen LogP contribution < -0.4 is 5.73 Å². The normalized spacial score (nSPS) is 28.7. The summed E-state index contributed by atoms with van der Waals surface area (Å²) < 4.78 is 13.9. The van der Waals surface area contributed by atoms with Crippen molar-refractivity contribution in [1.29, 1.82) is 0 Å². The molecule has 4 rings (SSSR count). The van der Waals surface area contributed by atoms with Gasteiger partial charge in [-0.05, 0) is 48.8 Å².